The van der Waals surface area contributed by atoms with Crippen LogP contribution in [0.15, 0.2) is 0 Å². The molecule has 0 saturated carbocycles. The van der Waals surface area contributed by atoms with Gasteiger partial charge in [0, 0.05) is 0 Å². The average Bonchev–Trinajstić information content (AvgIpc) is 2.10. The van der Waals surface area contributed by atoms with Crippen LogP contribution in [0.1, 0.15) is 0 Å². The first kappa shape index (κ1) is 9.97. The van der Waals surface area contributed by atoms with Crippen LogP contribution in [0, 0.1) is 0 Å². The van der Waals surface area contributed by atoms with Gasteiger partial charge in [-0.2, -0.15) is 24.6 Å². The Kier molecular flexibility index (Phi) is 4.76. The molecule has 0 rings (SSSR count). The average molecular weight is 182 g/mol. The second-order valence-electron chi connectivity index (χ2n) is 1.03. The summed E-state index contributed by atoms with van der Waals surface area (Å²) in [7, 11) is 0. The highest BCUT2D eigenvalue weighted by Gasteiger charge is 2.12. The van der Waals surface area contributed by atoms with Crippen LogP contribution in [-0.2, 0) is 29.2 Å². The van der Waals surface area contributed by atoms with Crippen LogP contribution in [0.3, 0.4) is 0 Å². The lowest BCUT2D eigenvalue weighted by Crippen LogP contribution is -2.12. The van der Waals surface area contributed by atoms with E-state index in [2.05, 4.69) is 24.4 Å². The molecule has 0 aromatic carbocycles. The fourth-order valence-corrected chi connectivity index (χ4v) is 0.156. The Morgan fingerprint density at radius 3 is 2.17 bits per heavy atom. The summed E-state index contributed by atoms with van der Waals surface area (Å²) in [5.74, 6) is 0. The number of rotatable bonds is 2. The predicted octanol–water partition coefficient (Wildman–Crippen LogP) is -0.231. The Morgan fingerprint density at radius 2 is 1.67 bits per heavy atom. The van der Waals surface area contributed by atoms with E-state index in [4.69, 9.17) is 5.26 Å². The third-order valence-electron chi connectivity index (χ3n) is 0.408. The first-order chi connectivity index (χ1) is 5.70. The van der Waals surface area contributed by atoms with Gasteiger partial charge in [0.15, 0.2) is 0 Å². The van der Waals surface area contributed by atoms with E-state index in [0.29, 0.717) is 0 Å². The van der Waals surface area contributed by atoms with Crippen LogP contribution in [0.5, 0.6) is 0 Å². The van der Waals surface area contributed by atoms with E-state index in [0.717, 1.165) is 0 Å². The molecule has 0 aliphatic carbocycles. The maximum Gasteiger partial charge on any atom is 0.592 e. The Morgan fingerprint density at radius 1 is 1.08 bits per heavy atom. The molecular formula is C3H2O9. The fraction of sp³-hybridized carbons (Fsp3) is 0. The number of hydrogen-bond donors (Lipinski definition) is 1. The SMILES string of the molecule is O=COOC(=O)OOC(=O)OO. The van der Waals surface area contributed by atoms with Gasteiger partial charge in [-0.15, -0.1) is 0 Å². The molecule has 0 aliphatic heterocycles. The molecular weight excluding hydrogens is 180 g/mol. The second-order valence-corrected chi connectivity index (χ2v) is 1.03. The molecule has 0 heterocycles. The Balaban J connectivity index is 3.43. The molecule has 0 aliphatic rings. The molecule has 9 nitrogen and oxygen atoms in total. The highest BCUT2D eigenvalue weighted by molar-refractivity contribution is 5.62. The summed E-state index contributed by atoms with van der Waals surface area (Å²) in [6.07, 6.45) is -3.33. The molecule has 12 heavy (non-hydrogen) atoms. The van der Waals surface area contributed by atoms with Crippen molar-refractivity contribution in [2.75, 3.05) is 0 Å². The van der Waals surface area contributed by atoms with Crippen molar-refractivity contribution >= 4 is 18.8 Å². The summed E-state index contributed by atoms with van der Waals surface area (Å²) < 4.78 is 0. The Labute approximate surface area is 64.1 Å². The van der Waals surface area contributed by atoms with Crippen molar-refractivity contribution in [3.63, 3.8) is 0 Å². The van der Waals surface area contributed by atoms with Crippen molar-refractivity contribution in [3.05, 3.63) is 0 Å². The minimum Gasteiger partial charge on any atom is -0.260 e. The zero-order valence-corrected chi connectivity index (χ0v) is 5.29. The van der Waals surface area contributed by atoms with E-state index in [1.807, 2.05) is 0 Å². The molecule has 0 saturated heterocycles. The summed E-state index contributed by atoms with van der Waals surface area (Å²) >= 11 is 0. The quantitative estimate of drug-likeness (QED) is 0.350. The monoisotopic (exact) mass is 182 g/mol. The minimum absolute atomic E-state index is 0.217. The number of carbonyl (C=O) groups excluding carboxylic acids is 3. The molecule has 0 atom stereocenters. The van der Waals surface area contributed by atoms with Crippen molar-refractivity contribution in [3.8, 4) is 0 Å². The van der Waals surface area contributed by atoms with Crippen molar-refractivity contribution in [2.24, 2.45) is 0 Å². The molecule has 0 amide bonds. The van der Waals surface area contributed by atoms with Gasteiger partial charge >= 0.3 is 18.8 Å². The summed E-state index contributed by atoms with van der Waals surface area (Å²) in [5.41, 5.74) is 0. The number of hydrogen-bond acceptors (Lipinski definition) is 9. The molecule has 68 valence electrons. The lowest BCUT2D eigenvalue weighted by atomic mass is 11.4. The highest BCUT2D eigenvalue weighted by atomic mass is 17.3. The molecule has 0 bridgehead atoms. The molecule has 1 N–H and O–H groups in total. The molecule has 0 radical (unpaired) electrons. The number of carbonyl (C=O) groups is 3. The van der Waals surface area contributed by atoms with Gasteiger partial charge in [-0.25, -0.2) is 9.78 Å². The largest absolute Gasteiger partial charge is 0.592 e. The van der Waals surface area contributed by atoms with Crippen LogP contribution in [0.2, 0.25) is 0 Å². The molecule has 0 aromatic heterocycles. The summed E-state index contributed by atoms with van der Waals surface area (Å²) in [4.78, 5) is 45.8. The zero-order valence-electron chi connectivity index (χ0n) is 5.29. The van der Waals surface area contributed by atoms with Crippen molar-refractivity contribution in [1.82, 2.24) is 0 Å². The van der Waals surface area contributed by atoms with E-state index in [9.17, 15) is 14.4 Å². The standard InChI is InChI=1S/C3H2O9/c4-1-8-10-3(6)12-11-2(5)9-7/h1,7H. The van der Waals surface area contributed by atoms with E-state index < -0.39 is 12.3 Å². The van der Waals surface area contributed by atoms with Crippen LogP contribution in [0.25, 0.3) is 0 Å². The van der Waals surface area contributed by atoms with Crippen LogP contribution in [0.4, 0.5) is 9.59 Å². The van der Waals surface area contributed by atoms with E-state index in [-0.39, 0.29) is 6.47 Å². The molecule has 0 unspecified atom stereocenters. The summed E-state index contributed by atoms with van der Waals surface area (Å²) in [6, 6.07) is 0. The van der Waals surface area contributed by atoms with Crippen molar-refractivity contribution in [1.29, 1.82) is 0 Å². The van der Waals surface area contributed by atoms with E-state index >= 15 is 0 Å². The molecule has 0 fully saturated rings. The first-order valence-electron chi connectivity index (χ1n) is 2.21. The van der Waals surface area contributed by atoms with Crippen LogP contribution in [-0.4, -0.2) is 24.0 Å². The smallest absolute Gasteiger partial charge is 0.260 e. The lowest BCUT2D eigenvalue weighted by molar-refractivity contribution is -0.303. The van der Waals surface area contributed by atoms with Crippen molar-refractivity contribution < 1.29 is 44.1 Å². The van der Waals surface area contributed by atoms with Crippen LogP contribution >= 0.6 is 0 Å². The van der Waals surface area contributed by atoms with Gasteiger partial charge in [0.05, 0.1) is 0 Å². The Hall–Kier alpha value is -2.03. The minimum atomic E-state index is -1.70. The molecule has 0 aromatic rings. The van der Waals surface area contributed by atoms with Gasteiger partial charge in [-0.05, 0) is 0 Å². The topological polar surface area (TPSA) is 118 Å². The molecule has 0 spiro atoms. The Bertz CT molecular complexity index is 173. The summed E-state index contributed by atoms with van der Waals surface area (Å²) in [6.45, 7) is -0.217. The third kappa shape index (κ3) is 4.81. The fourth-order valence-electron chi connectivity index (χ4n) is 0.156. The lowest BCUT2D eigenvalue weighted by Gasteiger charge is -1.97. The van der Waals surface area contributed by atoms with Gasteiger partial charge in [0.1, 0.15) is 0 Å². The zero-order chi connectivity index (χ0) is 9.40. The second kappa shape index (κ2) is 5.73. The third-order valence-corrected chi connectivity index (χ3v) is 0.408. The van der Waals surface area contributed by atoms with Gasteiger partial charge in [-0.1, -0.05) is 0 Å². The molecule has 9 heteroatoms. The maximum absolute atomic E-state index is 10.1. The van der Waals surface area contributed by atoms with Gasteiger partial charge in [0.2, 0.25) is 0 Å². The first-order valence-corrected chi connectivity index (χ1v) is 2.21. The maximum atomic E-state index is 10.1. The van der Waals surface area contributed by atoms with E-state index in [1.165, 1.54) is 0 Å². The van der Waals surface area contributed by atoms with Gasteiger partial charge < -0.3 is 0 Å². The van der Waals surface area contributed by atoms with Crippen molar-refractivity contribution in [2.45, 2.75) is 0 Å². The van der Waals surface area contributed by atoms with Gasteiger partial charge in [0.25, 0.3) is 0 Å². The van der Waals surface area contributed by atoms with Crippen LogP contribution < -0.4 is 0 Å². The summed E-state index contributed by atoms with van der Waals surface area (Å²) in [5, 5.41) is 7.53. The van der Waals surface area contributed by atoms with E-state index in [1.54, 1.807) is 0 Å². The normalized spacial score (nSPS) is 7.75. The highest BCUT2D eigenvalue weighted by Crippen LogP contribution is 1.89. The van der Waals surface area contributed by atoms with Gasteiger partial charge in [-0.3, -0.25) is 9.68 Å². The predicted molar refractivity (Wildman–Crippen MR) is 24.9 cm³/mol.